The Morgan fingerprint density at radius 3 is 2.04 bits per heavy atom. The van der Waals surface area contributed by atoms with Gasteiger partial charge in [0, 0.05) is 43.1 Å². The molecule has 3 amide bonds. The van der Waals surface area contributed by atoms with Gasteiger partial charge in [0.15, 0.2) is 0 Å². The molecule has 7 heteroatoms. The zero-order valence-electron chi connectivity index (χ0n) is 16.6. The van der Waals surface area contributed by atoms with Gasteiger partial charge in [-0.15, -0.1) is 0 Å². The van der Waals surface area contributed by atoms with Gasteiger partial charge in [-0.1, -0.05) is 0 Å². The zero-order valence-corrected chi connectivity index (χ0v) is 16.6. The second-order valence-electron chi connectivity index (χ2n) is 6.13. The summed E-state index contributed by atoms with van der Waals surface area (Å²) in [6.07, 6.45) is 0.188. The quantitative estimate of drug-likeness (QED) is 0.616. The molecule has 7 nitrogen and oxygen atoms in total. The van der Waals surface area contributed by atoms with Gasteiger partial charge in [-0.25, -0.2) is 4.79 Å². The smallest absolute Gasteiger partial charge is 0.319 e. The Balaban J connectivity index is 1.72. The van der Waals surface area contributed by atoms with Crippen molar-refractivity contribution in [3.8, 4) is 5.75 Å². The number of nitrogens with one attached hydrogen (secondary N) is 3. The standard InChI is InChI=1S/C21H28N4O3/c1-4-25(5-2)18-10-6-16(7-11-18)23-20(26)14-15-22-21(27)24-17-8-12-19(28-3)13-9-17/h6-13H,4-5,14-15H2,1-3H3,(H,23,26)(H2,22,24,27). The fourth-order valence-corrected chi connectivity index (χ4v) is 2.71. The fourth-order valence-electron chi connectivity index (χ4n) is 2.71. The number of carbonyl (C=O) groups excluding carboxylic acids is 2. The predicted octanol–water partition coefficient (Wildman–Crippen LogP) is 3.69. The number of carbonyl (C=O) groups is 2. The molecule has 0 saturated carbocycles. The van der Waals surface area contributed by atoms with Gasteiger partial charge in [0.25, 0.3) is 0 Å². The number of amides is 3. The van der Waals surface area contributed by atoms with E-state index in [4.69, 9.17) is 4.74 Å². The molecule has 0 spiro atoms. The van der Waals surface area contributed by atoms with Crippen LogP contribution in [0.15, 0.2) is 48.5 Å². The third-order valence-corrected chi connectivity index (χ3v) is 4.27. The molecule has 3 N–H and O–H groups in total. The number of hydrogen-bond acceptors (Lipinski definition) is 4. The molecule has 0 aliphatic heterocycles. The molecule has 0 atom stereocenters. The van der Waals surface area contributed by atoms with E-state index in [0.717, 1.165) is 24.5 Å². The summed E-state index contributed by atoms with van der Waals surface area (Å²) < 4.78 is 5.07. The predicted molar refractivity (Wildman–Crippen MR) is 113 cm³/mol. The molecule has 2 aromatic carbocycles. The summed E-state index contributed by atoms with van der Waals surface area (Å²) in [7, 11) is 1.58. The molecule has 0 bridgehead atoms. The number of methoxy groups -OCH3 is 1. The molecule has 0 fully saturated rings. The number of benzene rings is 2. The molecule has 0 radical (unpaired) electrons. The van der Waals surface area contributed by atoms with Crippen LogP contribution in [-0.2, 0) is 4.79 Å². The van der Waals surface area contributed by atoms with Crippen LogP contribution in [0.25, 0.3) is 0 Å². The van der Waals surface area contributed by atoms with Crippen molar-refractivity contribution in [2.75, 3.05) is 42.3 Å². The average molecular weight is 384 g/mol. The van der Waals surface area contributed by atoms with Crippen molar-refractivity contribution in [1.29, 1.82) is 0 Å². The molecule has 2 rings (SSSR count). The molecular formula is C21H28N4O3. The molecular weight excluding hydrogens is 356 g/mol. The highest BCUT2D eigenvalue weighted by atomic mass is 16.5. The summed E-state index contributed by atoms with van der Waals surface area (Å²) in [6, 6.07) is 14.4. The molecule has 0 aromatic heterocycles. The van der Waals surface area contributed by atoms with Crippen molar-refractivity contribution in [2.45, 2.75) is 20.3 Å². The van der Waals surface area contributed by atoms with Crippen LogP contribution < -0.4 is 25.6 Å². The number of hydrogen-bond donors (Lipinski definition) is 3. The average Bonchev–Trinajstić information content (AvgIpc) is 2.70. The molecule has 0 heterocycles. The highest BCUT2D eigenvalue weighted by Gasteiger charge is 2.06. The van der Waals surface area contributed by atoms with Crippen molar-refractivity contribution in [3.63, 3.8) is 0 Å². The van der Waals surface area contributed by atoms with Crippen molar-refractivity contribution >= 4 is 29.0 Å². The van der Waals surface area contributed by atoms with Gasteiger partial charge in [0.2, 0.25) is 5.91 Å². The summed E-state index contributed by atoms with van der Waals surface area (Å²) in [5.74, 6) is 0.563. The van der Waals surface area contributed by atoms with E-state index in [-0.39, 0.29) is 24.9 Å². The third kappa shape index (κ3) is 6.50. The van der Waals surface area contributed by atoms with Crippen molar-refractivity contribution in [1.82, 2.24) is 5.32 Å². The lowest BCUT2D eigenvalue weighted by Gasteiger charge is -2.21. The zero-order chi connectivity index (χ0) is 20.4. The lowest BCUT2D eigenvalue weighted by atomic mass is 10.2. The Hall–Kier alpha value is -3.22. The van der Waals surface area contributed by atoms with Gasteiger partial charge in [-0.2, -0.15) is 0 Å². The first-order chi connectivity index (χ1) is 13.5. The third-order valence-electron chi connectivity index (χ3n) is 4.27. The van der Waals surface area contributed by atoms with Gasteiger partial charge in [0.1, 0.15) is 5.75 Å². The number of urea groups is 1. The van der Waals surface area contributed by atoms with Gasteiger partial charge < -0.3 is 25.6 Å². The van der Waals surface area contributed by atoms with Crippen LogP contribution in [0.3, 0.4) is 0 Å². The summed E-state index contributed by atoms with van der Waals surface area (Å²) in [5.41, 5.74) is 2.51. The highest BCUT2D eigenvalue weighted by molar-refractivity contribution is 5.92. The lowest BCUT2D eigenvalue weighted by Crippen LogP contribution is -2.31. The summed E-state index contributed by atoms with van der Waals surface area (Å²) in [6.45, 7) is 6.33. The number of rotatable bonds is 9. The Kier molecular flexibility index (Phi) is 8.14. The van der Waals surface area contributed by atoms with Crippen LogP contribution in [-0.4, -0.2) is 38.7 Å². The topological polar surface area (TPSA) is 82.7 Å². The molecule has 28 heavy (non-hydrogen) atoms. The van der Waals surface area contributed by atoms with E-state index in [0.29, 0.717) is 11.4 Å². The lowest BCUT2D eigenvalue weighted by molar-refractivity contribution is -0.116. The number of anilines is 3. The van der Waals surface area contributed by atoms with E-state index in [2.05, 4.69) is 34.7 Å². The van der Waals surface area contributed by atoms with E-state index in [1.54, 1.807) is 31.4 Å². The summed E-state index contributed by atoms with van der Waals surface area (Å²) >= 11 is 0. The van der Waals surface area contributed by atoms with E-state index < -0.39 is 0 Å². The first-order valence-corrected chi connectivity index (χ1v) is 9.39. The van der Waals surface area contributed by atoms with Crippen molar-refractivity contribution < 1.29 is 14.3 Å². The Morgan fingerprint density at radius 1 is 0.893 bits per heavy atom. The molecule has 0 saturated heterocycles. The summed E-state index contributed by atoms with van der Waals surface area (Å²) in [4.78, 5) is 26.2. The minimum Gasteiger partial charge on any atom is -0.497 e. The van der Waals surface area contributed by atoms with E-state index in [1.807, 2.05) is 24.3 Å². The maximum Gasteiger partial charge on any atom is 0.319 e. The second-order valence-corrected chi connectivity index (χ2v) is 6.13. The number of ether oxygens (including phenoxy) is 1. The maximum absolute atomic E-state index is 12.0. The maximum atomic E-state index is 12.0. The van der Waals surface area contributed by atoms with Crippen LogP contribution in [0, 0.1) is 0 Å². The van der Waals surface area contributed by atoms with Crippen LogP contribution in [0.1, 0.15) is 20.3 Å². The summed E-state index contributed by atoms with van der Waals surface area (Å²) in [5, 5.41) is 8.21. The van der Waals surface area contributed by atoms with Crippen LogP contribution >= 0.6 is 0 Å². The van der Waals surface area contributed by atoms with Gasteiger partial charge in [-0.05, 0) is 62.4 Å². The van der Waals surface area contributed by atoms with Crippen LogP contribution in [0.2, 0.25) is 0 Å². The van der Waals surface area contributed by atoms with Crippen molar-refractivity contribution in [2.24, 2.45) is 0 Å². The van der Waals surface area contributed by atoms with Gasteiger partial charge >= 0.3 is 6.03 Å². The Labute approximate surface area is 166 Å². The minimum atomic E-state index is -0.360. The normalized spacial score (nSPS) is 10.1. The number of nitrogens with zero attached hydrogens (tertiary/aromatic N) is 1. The first kappa shape index (κ1) is 21.1. The van der Waals surface area contributed by atoms with E-state index >= 15 is 0 Å². The van der Waals surface area contributed by atoms with Crippen molar-refractivity contribution in [3.05, 3.63) is 48.5 Å². The molecule has 0 unspecified atom stereocenters. The second kappa shape index (κ2) is 10.8. The minimum absolute atomic E-state index is 0.152. The molecule has 150 valence electrons. The molecule has 2 aromatic rings. The largest absolute Gasteiger partial charge is 0.497 e. The Bertz CT molecular complexity index is 756. The van der Waals surface area contributed by atoms with E-state index in [1.165, 1.54) is 0 Å². The van der Waals surface area contributed by atoms with Crippen LogP contribution in [0.5, 0.6) is 5.75 Å². The highest BCUT2D eigenvalue weighted by Crippen LogP contribution is 2.18. The van der Waals surface area contributed by atoms with Gasteiger partial charge in [-0.3, -0.25) is 4.79 Å². The van der Waals surface area contributed by atoms with E-state index in [9.17, 15) is 9.59 Å². The Morgan fingerprint density at radius 2 is 1.46 bits per heavy atom. The monoisotopic (exact) mass is 384 g/mol. The molecule has 0 aliphatic carbocycles. The molecule has 0 aliphatic rings. The van der Waals surface area contributed by atoms with Gasteiger partial charge in [0.05, 0.1) is 7.11 Å². The SMILES string of the molecule is CCN(CC)c1ccc(NC(=O)CCNC(=O)Nc2ccc(OC)cc2)cc1. The fraction of sp³-hybridized carbons (Fsp3) is 0.333. The van der Waals surface area contributed by atoms with Crippen LogP contribution in [0.4, 0.5) is 21.9 Å². The first-order valence-electron chi connectivity index (χ1n) is 9.39.